The molecule has 2 N–H and O–H groups in total. The third-order valence-electron chi connectivity index (χ3n) is 2.58. The van der Waals surface area contributed by atoms with Gasteiger partial charge in [0.1, 0.15) is 5.75 Å². The van der Waals surface area contributed by atoms with Crippen molar-refractivity contribution in [3.8, 4) is 5.75 Å². The summed E-state index contributed by atoms with van der Waals surface area (Å²) in [6.07, 6.45) is 0.114. The molecule has 0 fully saturated rings. The lowest BCUT2D eigenvalue weighted by Gasteiger charge is -2.08. The molecule has 0 unspecified atom stereocenters. The fourth-order valence-corrected chi connectivity index (χ4v) is 2.13. The molecule has 0 atom stereocenters. The zero-order valence-electron chi connectivity index (χ0n) is 10.2. The van der Waals surface area contributed by atoms with Crippen molar-refractivity contribution in [3.05, 3.63) is 57.0 Å². The summed E-state index contributed by atoms with van der Waals surface area (Å²) in [5.41, 5.74) is 0.987. The van der Waals surface area contributed by atoms with Gasteiger partial charge in [0.15, 0.2) is 0 Å². The second-order valence-corrected chi connectivity index (χ2v) is 5.39. The van der Waals surface area contributed by atoms with Gasteiger partial charge in [-0.3, -0.25) is 4.79 Å². The van der Waals surface area contributed by atoms with E-state index in [-0.39, 0.29) is 23.8 Å². The largest absolute Gasteiger partial charge is 0.506 e. The lowest BCUT2D eigenvalue weighted by atomic mass is 10.1. The summed E-state index contributed by atoms with van der Waals surface area (Å²) in [4.78, 5) is 11.9. The van der Waals surface area contributed by atoms with Gasteiger partial charge < -0.3 is 10.4 Å². The number of amides is 1. The van der Waals surface area contributed by atoms with Crippen LogP contribution in [0.1, 0.15) is 5.56 Å². The Kier molecular flexibility index (Phi) is 4.76. The second kappa shape index (κ2) is 6.35. The van der Waals surface area contributed by atoms with Gasteiger partial charge in [-0.2, -0.15) is 0 Å². The quantitative estimate of drug-likeness (QED) is 0.812. The van der Waals surface area contributed by atoms with Crippen LogP contribution < -0.4 is 5.32 Å². The second-order valence-electron chi connectivity index (χ2n) is 4.13. The highest BCUT2D eigenvalue weighted by Crippen LogP contribution is 2.27. The number of rotatable bonds is 3. The van der Waals surface area contributed by atoms with Crippen molar-refractivity contribution in [3.63, 3.8) is 0 Å². The molecular formula is C14H10Cl3NO2. The Balaban J connectivity index is 2.09. The summed E-state index contributed by atoms with van der Waals surface area (Å²) in [7, 11) is 0. The van der Waals surface area contributed by atoms with Crippen LogP contribution in [0.25, 0.3) is 0 Å². The minimum Gasteiger partial charge on any atom is -0.506 e. The van der Waals surface area contributed by atoms with Crippen LogP contribution in [0.2, 0.25) is 15.1 Å². The highest BCUT2D eigenvalue weighted by molar-refractivity contribution is 6.42. The molecule has 2 rings (SSSR count). The van der Waals surface area contributed by atoms with Crippen LogP contribution in [-0.4, -0.2) is 11.0 Å². The smallest absolute Gasteiger partial charge is 0.228 e. The number of carbonyl (C=O) groups excluding carboxylic acids is 1. The molecule has 0 radical (unpaired) electrons. The Hall–Kier alpha value is -1.42. The van der Waals surface area contributed by atoms with Crippen LogP contribution in [0, 0.1) is 0 Å². The Labute approximate surface area is 131 Å². The van der Waals surface area contributed by atoms with E-state index in [4.69, 9.17) is 34.8 Å². The molecule has 0 heterocycles. The number of aromatic hydroxyl groups is 1. The SMILES string of the molecule is O=C(Cc1ccc(Cl)c(Cl)c1)Nc1cc(Cl)ccc1O. The van der Waals surface area contributed by atoms with E-state index in [0.717, 1.165) is 5.56 Å². The molecule has 0 bridgehead atoms. The summed E-state index contributed by atoms with van der Waals surface area (Å²) in [5.74, 6) is -0.335. The van der Waals surface area contributed by atoms with Crippen LogP contribution in [0.15, 0.2) is 36.4 Å². The number of nitrogens with one attached hydrogen (secondary N) is 1. The maximum absolute atomic E-state index is 11.9. The van der Waals surface area contributed by atoms with Crippen molar-refractivity contribution in [2.24, 2.45) is 0 Å². The standard InChI is InChI=1S/C14H10Cl3NO2/c15-9-2-4-13(19)12(7-9)18-14(20)6-8-1-3-10(16)11(17)5-8/h1-5,7,19H,6H2,(H,18,20). The number of benzene rings is 2. The number of halogens is 3. The zero-order valence-corrected chi connectivity index (χ0v) is 12.4. The first-order valence-corrected chi connectivity index (χ1v) is 6.81. The fourth-order valence-electron chi connectivity index (χ4n) is 1.64. The number of phenols is 1. The Morgan fingerprint density at radius 2 is 1.80 bits per heavy atom. The van der Waals surface area contributed by atoms with Gasteiger partial charge in [0, 0.05) is 5.02 Å². The lowest BCUT2D eigenvalue weighted by Crippen LogP contribution is -2.14. The number of phenolic OH excluding ortho intramolecular Hbond substituents is 1. The Morgan fingerprint density at radius 3 is 2.50 bits per heavy atom. The molecular weight excluding hydrogens is 321 g/mol. The minimum atomic E-state index is -0.291. The summed E-state index contributed by atoms with van der Waals surface area (Å²) < 4.78 is 0. The molecule has 2 aromatic rings. The first kappa shape index (κ1) is 15.0. The molecule has 0 aliphatic rings. The van der Waals surface area contributed by atoms with Crippen molar-refractivity contribution in [2.45, 2.75) is 6.42 Å². The summed E-state index contributed by atoms with van der Waals surface area (Å²) in [6.45, 7) is 0. The highest BCUT2D eigenvalue weighted by Gasteiger charge is 2.09. The van der Waals surface area contributed by atoms with Crippen molar-refractivity contribution >= 4 is 46.4 Å². The molecule has 104 valence electrons. The van der Waals surface area contributed by atoms with Crippen molar-refractivity contribution in [1.29, 1.82) is 0 Å². The zero-order chi connectivity index (χ0) is 14.7. The molecule has 0 saturated carbocycles. The Morgan fingerprint density at radius 1 is 1.05 bits per heavy atom. The number of carbonyl (C=O) groups is 1. The van der Waals surface area contributed by atoms with Gasteiger partial charge in [0.25, 0.3) is 0 Å². The van der Waals surface area contributed by atoms with Crippen LogP contribution in [0.3, 0.4) is 0 Å². The molecule has 3 nitrogen and oxygen atoms in total. The van der Waals surface area contributed by atoms with Crippen LogP contribution in [-0.2, 0) is 11.2 Å². The molecule has 0 aliphatic carbocycles. The average Bonchev–Trinajstić information content (AvgIpc) is 2.38. The van der Waals surface area contributed by atoms with Crippen molar-refractivity contribution in [2.75, 3.05) is 5.32 Å². The number of hydrogen-bond acceptors (Lipinski definition) is 2. The maximum atomic E-state index is 11.9. The van der Waals surface area contributed by atoms with Gasteiger partial charge in [-0.05, 0) is 35.9 Å². The van der Waals surface area contributed by atoms with E-state index in [1.165, 1.54) is 18.2 Å². The summed E-state index contributed by atoms with van der Waals surface area (Å²) >= 11 is 17.5. The molecule has 6 heteroatoms. The summed E-state index contributed by atoms with van der Waals surface area (Å²) in [6, 6.07) is 9.39. The van der Waals surface area contributed by atoms with Gasteiger partial charge in [-0.1, -0.05) is 40.9 Å². The van der Waals surface area contributed by atoms with Gasteiger partial charge >= 0.3 is 0 Å². The first-order chi connectivity index (χ1) is 9.45. The molecule has 0 aromatic heterocycles. The third-order valence-corrected chi connectivity index (χ3v) is 3.56. The topological polar surface area (TPSA) is 49.3 Å². The van der Waals surface area contributed by atoms with E-state index >= 15 is 0 Å². The average molecular weight is 331 g/mol. The molecule has 2 aromatic carbocycles. The van der Waals surface area contributed by atoms with Gasteiger partial charge in [0.2, 0.25) is 5.91 Å². The third kappa shape index (κ3) is 3.79. The number of anilines is 1. The van der Waals surface area contributed by atoms with Crippen molar-refractivity contribution < 1.29 is 9.90 Å². The normalized spacial score (nSPS) is 10.3. The van der Waals surface area contributed by atoms with Gasteiger partial charge in [-0.15, -0.1) is 0 Å². The molecule has 1 amide bonds. The highest BCUT2D eigenvalue weighted by atomic mass is 35.5. The molecule has 20 heavy (non-hydrogen) atoms. The van der Waals surface area contributed by atoms with Crippen LogP contribution in [0.4, 0.5) is 5.69 Å². The van der Waals surface area contributed by atoms with E-state index < -0.39 is 0 Å². The number of hydrogen-bond donors (Lipinski definition) is 2. The van der Waals surface area contributed by atoms with E-state index in [1.807, 2.05) is 0 Å². The predicted octanol–water partition coefficient (Wildman–Crippen LogP) is 4.53. The van der Waals surface area contributed by atoms with Gasteiger partial charge in [-0.25, -0.2) is 0 Å². The Bertz CT molecular complexity index is 659. The monoisotopic (exact) mass is 329 g/mol. The van der Waals surface area contributed by atoms with Gasteiger partial charge in [0.05, 0.1) is 22.2 Å². The molecule has 0 spiro atoms. The van der Waals surface area contributed by atoms with Crippen LogP contribution in [0.5, 0.6) is 5.75 Å². The van der Waals surface area contributed by atoms with E-state index in [1.54, 1.807) is 18.2 Å². The molecule has 0 aliphatic heterocycles. The van der Waals surface area contributed by atoms with E-state index in [0.29, 0.717) is 15.1 Å². The van der Waals surface area contributed by atoms with Crippen LogP contribution >= 0.6 is 34.8 Å². The maximum Gasteiger partial charge on any atom is 0.228 e. The summed E-state index contributed by atoms with van der Waals surface area (Å²) in [5, 5.41) is 13.5. The first-order valence-electron chi connectivity index (χ1n) is 5.68. The van der Waals surface area contributed by atoms with E-state index in [2.05, 4.69) is 5.32 Å². The molecule has 0 saturated heterocycles. The van der Waals surface area contributed by atoms with E-state index in [9.17, 15) is 9.90 Å². The minimum absolute atomic E-state index is 0.0445. The van der Waals surface area contributed by atoms with Crippen molar-refractivity contribution in [1.82, 2.24) is 0 Å². The predicted molar refractivity (Wildman–Crippen MR) is 81.9 cm³/mol. The lowest BCUT2D eigenvalue weighted by molar-refractivity contribution is -0.115. The fraction of sp³-hybridized carbons (Fsp3) is 0.0714.